The van der Waals surface area contributed by atoms with Crippen LogP contribution in [0.5, 0.6) is 0 Å². The molecule has 1 atom stereocenters. The summed E-state index contributed by atoms with van der Waals surface area (Å²) in [4.78, 5) is 34.1. The number of primary amides is 1. The van der Waals surface area contributed by atoms with E-state index in [2.05, 4.69) is 9.47 Å². The molecule has 1 unspecified atom stereocenters. The van der Waals surface area contributed by atoms with Gasteiger partial charge in [-0.25, -0.2) is 9.59 Å². The van der Waals surface area contributed by atoms with E-state index in [4.69, 9.17) is 5.73 Å². The van der Waals surface area contributed by atoms with Gasteiger partial charge in [-0.15, -0.1) is 0 Å². The standard InChI is InChI=1S/C17H21NO5/c1-11(8-12-4-6-13(7-5-12)16(18)20)9-14(17(21)23-3)10-15(19)22-2/h4-7,10-11H,8-9H2,1-3H3,(H2,18,20)/b14-10-. The van der Waals surface area contributed by atoms with Gasteiger partial charge < -0.3 is 15.2 Å². The fourth-order valence-corrected chi connectivity index (χ4v) is 2.19. The number of amides is 1. The molecule has 6 heteroatoms. The summed E-state index contributed by atoms with van der Waals surface area (Å²) >= 11 is 0. The number of carbonyl (C=O) groups is 3. The monoisotopic (exact) mass is 319 g/mol. The number of methoxy groups -OCH3 is 2. The van der Waals surface area contributed by atoms with Crippen LogP contribution in [0.25, 0.3) is 0 Å². The third kappa shape index (κ3) is 5.94. The Kier molecular flexibility index (Phi) is 6.99. The first kappa shape index (κ1) is 18.4. The summed E-state index contributed by atoms with van der Waals surface area (Å²) in [5, 5.41) is 0. The maximum absolute atomic E-state index is 11.7. The van der Waals surface area contributed by atoms with E-state index in [0.717, 1.165) is 11.6 Å². The second-order valence-corrected chi connectivity index (χ2v) is 5.26. The average molecular weight is 319 g/mol. The lowest BCUT2D eigenvalue weighted by atomic mass is 9.93. The van der Waals surface area contributed by atoms with Crippen LogP contribution in [0.4, 0.5) is 0 Å². The van der Waals surface area contributed by atoms with Crippen molar-refractivity contribution in [2.45, 2.75) is 19.8 Å². The molecule has 0 spiro atoms. The van der Waals surface area contributed by atoms with Gasteiger partial charge in [0.1, 0.15) is 0 Å². The van der Waals surface area contributed by atoms with E-state index in [-0.39, 0.29) is 11.5 Å². The highest BCUT2D eigenvalue weighted by Gasteiger charge is 2.16. The third-order valence-electron chi connectivity index (χ3n) is 3.33. The molecule has 0 aliphatic rings. The van der Waals surface area contributed by atoms with Crippen molar-refractivity contribution < 1.29 is 23.9 Å². The summed E-state index contributed by atoms with van der Waals surface area (Å²) < 4.78 is 9.23. The van der Waals surface area contributed by atoms with Gasteiger partial charge in [0.2, 0.25) is 5.91 Å². The van der Waals surface area contributed by atoms with E-state index < -0.39 is 17.8 Å². The lowest BCUT2D eigenvalue weighted by Gasteiger charge is -2.13. The number of esters is 2. The molecule has 0 aromatic heterocycles. The molecule has 0 heterocycles. The minimum absolute atomic E-state index is 0.0874. The van der Waals surface area contributed by atoms with Gasteiger partial charge in [-0.3, -0.25) is 4.79 Å². The number of hydrogen-bond acceptors (Lipinski definition) is 5. The molecule has 1 aromatic carbocycles. The molecule has 2 N–H and O–H groups in total. The lowest BCUT2D eigenvalue weighted by Crippen LogP contribution is -2.13. The van der Waals surface area contributed by atoms with Crippen LogP contribution >= 0.6 is 0 Å². The van der Waals surface area contributed by atoms with E-state index in [0.29, 0.717) is 18.4 Å². The van der Waals surface area contributed by atoms with Crippen LogP contribution in [0.15, 0.2) is 35.9 Å². The Hall–Kier alpha value is -2.63. The SMILES string of the molecule is COC(=O)/C=C(/CC(C)Cc1ccc(C(N)=O)cc1)C(=O)OC. The van der Waals surface area contributed by atoms with Crippen molar-refractivity contribution in [1.82, 2.24) is 0 Å². The highest BCUT2D eigenvalue weighted by Crippen LogP contribution is 2.18. The largest absolute Gasteiger partial charge is 0.466 e. The van der Waals surface area contributed by atoms with Crippen LogP contribution in [-0.2, 0) is 25.5 Å². The minimum atomic E-state index is -0.594. The summed E-state index contributed by atoms with van der Waals surface area (Å²) in [5.41, 5.74) is 6.91. The second kappa shape index (κ2) is 8.73. The van der Waals surface area contributed by atoms with E-state index in [9.17, 15) is 14.4 Å². The van der Waals surface area contributed by atoms with Crippen LogP contribution in [0.2, 0.25) is 0 Å². The first-order valence-corrected chi connectivity index (χ1v) is 7.13. The van der Waals surface area contributed by atoms with Crippen molar-refractivity contribution in [2.24, 2.45) is 11.7 Å². The Bertz CT molecular complexity index is 604. The number of rotatable bonds is 7. The van der Waals surface area contributed by atoms with Crippen molar-refractivity contribution >= 4 is 17.8 Å². The van der Waals surface area contributed by atoms with Crippen LogP contribution in [0.3, 0.4) is 0 Å². The fourth-order valence-electron chi connectivity index (χ4n) is 2.19. The van der Waals surface area contributed by atoms with Crippen molar-refractivity contribution in [3.05, 3.63) is 47.0 Å². The highest BCUT2D eigenvalue weighted by atomic mass is 16.5. The molecule has 124 valence electrons. The Balaban J connectivity index is 2.77. The first-order chi connectivity index (χ1) is 10.9. The molecule has 1 rings (SSSR count). The molecular formula is C17H21NO5. The molecule has 0 aliphatic carbocycles. The molecule has 6 nitrogen and oxygen atoms in total. The molecule has 0 saturated heterocycles. The Morgan fingerprint density at radius 3 is 2.22 bits per heavy atom. The summed E-state index contributed by atoms with van der Waals surface area (Å²) in [7, 11) is 2.51. The number of ether oxygens (including phenoxy) is 2. The van der Waals surface area contributed by atoms with Crippen molar-refractivity contribution in [3.63, 3.8) is 0 Å². The summed E-state index contributed by atoms with van der Waals surface area (Å²) in [5.74, 6) is -1.53. The minimum Gasteiger partial charge on any atom is -0.466 e. The Labute approximate surface area is 135 Å². The Morgan fingerprint density at radius 1 is 1.13 bits per heavy atom. The zero-order valence-corrected chi connectivity index (χ0v) is 13.5. The zero-order valence-electron chi connectivity index (χ0n) is 13.5. The molecule has 0 bridgehead atoms. The Morgan fingerprint density at radius 2 is 1.74 bits per heavy atom. The van der Waals surface area contributed by atoms with E-state index >= 15 is 0 Å². The maximum atomic E-state index is 11.7. The van der Waals surface area contributed by atoms with E-state index in [1.54, 1.807) is 12.1 Å². The molecule has 1 aromatic rings. The van der Waals surface area contributed by atoms with Gasteiger partial charge in [-0.05, 0) is 36.5 Å². The first-order valence-electron chi connectivity index (χ1n) is 7.13. The normalized spacial score (nSPS) is 12.4. The summed E-state index contributed by atoms with van der Waals surface area (Å²) in [6.07, 6.45) is 2.20. The quantitative estimate of drug-likeness (QED) is 0.608. The molecule has 1 amide bonds. The maximum Gasteiger partial charge on any atom is 0.333 e. The van der Waals surface area contributed by atoms with Gasteiger partial charge >= 0.3 is 11.9 Å². The number of carbonyl (C=O) groups excluding carboxylic acids is 3. The van der Waals surface area contributed by atoms with Gasteiger partial charge in [0.25, 0.3) is 0 Å². The van der Waals surface area contributed by atoms with Crippen molar-refractivity contribution in [2.75, 3.05) is 14.2 Å². The van der Waals surface area contributed by atoms with Crippen molar-refractivity contribution in [1.29, 1.82) is 0 Å². The molecule has 0 saturated carbocycles. The van der Waals surface area contributed by atoms with Crippen LogP contribution in [-0.4, -0.2) is 32.1 Å². The fraction of sp³-hybridized carbons (Fsp3) is 0.353. The highest BCUT2D eigenvalue weighted by molar-refractivity contribution is 5.96. The zero-order chi connectivity index (χ0) is 17.4. The summed E-state index contributed by atoms with van der Waals surface area (Å²) in [6.45, 7) is 1.95. The van der Waals surface area contributed by atoms with Crippen molar-refractivity contribution in [3.8, 4) is 0 Å². The number of benzene rings is 1. The van der Waals surface area contributed by atoms with Crippen LogP contribution in [0.1, 0.15) is 29.3 Å². The van der Waals surface area contributed by atoms with Crippen LogP contribution in [0, 0.1) is 5.92 Å². The smallest absolute Gasteiger partial charge is 0.333 e. The van der Waals surface area contributed by atoms with Gasteiger partial charge in [0.05, 0.1) is 14.2 Å². The predicted molar refractivity (Wildman–Crippen MR) is 84.6 cm³/mol. The molecular weight excluding hydrogens is 298 g/mol. The van der Waals surface area contributed by atoms with Crippen LogP contribution < -0.4 is 5.73 Å². The molecule has 0 aliphatic heterocycles. The molecule has 0 radical (unpaired) electrons. The van der Waals surface area contributed by atoms with E-state index in [1.807, 2.05) is 19.1 Å². The predicted octanol–water partition coefficient (Wildman–Crippen LogP) is 1.63. The molecule has 0 fully saturated rings. The second-order valence-electron chi connectivity index (χ2n) is 5.26. The number of nitrogens with two attached hydrogens (primary N) is 1. The van der Waals surface area contributed by atoms with E-state index in [1.165, 1.54) is 14.2 Å². The van der Waals surface area contributed by atoms with Gasteiger partial charge in [0, 0.05) is 17.2 Å². The topological polar surface area (TPSA) is 95.7 Å². The third-order valence-corrected chi connectivity index (χ3v) is 3.33. The van der Waals surface area contributed by atoms with Gasteiger partial charge in [-0.2, -0.15) is 0 Å². The van der Waals surface area contributed by atoms with Gasteiger partial charge in [-0.1, -0.05) is 19.1 Å². The lowest BCUT2D eigenvalue weighted by molar-refractivity contribution is -0.138. The van der Waals surface area contributed by atoms with Gasteiger partial charge in [0.15, 0.2) is 0 Å². The summed E-state index contributed by atoms with van der Waals surface area (Å²) in [6, 6.07) is 6.96. The average Bonchev–Trinajstić information content (AvgIpc) is 2.53. The number of hydrogen-bond donors (Lipinski definition) is 1. The molecule has 23 heavy (non-hydrogen) atoms.